The van der Waals surface area contributed by atoms with Crippen molar-refractivity contribution in [2.45, 2.75) is 45.8 Å². The molecule has 19 heteroatoms. The first-order chi connectivity index (χ1) is 20.5. The minimum absolute atomic E-state index is 0.0674. The Labute approximate surface area is 250 Å². The number of halogens is 9. The molecule has 0 spiro atoms. The van der Waals surface area contributed by atoms with Crippen LogP contribution >= 0.6 is 11.3 Å². The first-order valence-electron chi connectivity index (χ1n) is 12.5. The van der Waals surface area contributed by atoms with Crippen LogP contribution in [0.1, 0.15) is 30.1 Å². The maximum absolute atomic E-state index is 13.5. The van der Waals surface area contributed by atoms with Gasteiger partial charge >= 0.3 is 30.4 Å². The molecule has 4 heterocycles. The zero-order valence-corrected chi connectivity index (χ0v) is 23.7. The first-order valence-corrected chi connectivity index (χ1v) is 13.3. The van der Waals surface area contributed by atoms with Gasteiger partial charge in [0.25, 0.3) is 0 Å². The molecule has 0 radical (unpaired) electrons. The molecule has 45 heavy (non-hydrogen) atoms. The molecular weight excluding hydrogens is 651 g/mol. The van der Waals surface area contributed by atoms with Crippen molar-refractivity contribution in [3.8, 4) is 11.1 Å². The minimum atomic E-state index is -5.29. The van der Waals surface area contributed by atoms with Gasteiger partial charge in [0.2, 0.25) is 11.8 Å². The number of pyridine rings is 2. The number of imide groups is 1. The highest BCUT2D eigenvalue weighted by molar-refractivity contribution is 7.19. The average molecular weight is 671 g/mol. The molecule has 0 aromatic carbocycles. The standard InChI is InChI=1S/C24H18F6N4O3S.C2HF3O2/c1-9-17(33-21(37)24(28,29)30)12(7-14(32-9)23(25,26)27)11-4-5-31-13-6-10(38-18(11)13)8-34-19(35)15-16(20(34)36)22(15,2)3;3-2(4,5)1(6)7/h4-7,15-16H,8H2,1-3H3,(H,33,37);(H,6,7). The van der Waals surface area contributed by atoms with Crippen molar-refractivity contribution in [1.82, 2.24) is 14.9 Å². The Morgan fingerprint density at radius 3 is 2.02 bits per heavy atom. The van der Waals surface area contributed by atoms with Gasteiger partial charge in [-0.15, -0.1) is 11.3 Å². The number of piperidine rings is 1. The molecule has 9 nitrogen and oxygen atoms in total. The van der Waals surface area contributed by atoms with E-state index < -0.39 is 64.7 Å². The van der Waals surface area contributed by atoms with Crippen molar-refractivity contribution in [1.29, 1.82) is 0 Å². The average Bonchev–Trinajstić information content (AvgIpc) is 3.13. The molecule has 1 saturated heterocycles. The third-order valence-electron chi connectivity index (χ3n) is 7.19. The summed E-state index contributed by atoms with van der Waals surface area (Å²) in [6, 6.07) is 3.44. The zero-order chi connectivity index (χ0) is 34.0. The summed E-state index contributed by atoms with van der Waals surface area (Å²) in [7, 11) is 0. The molecule has 2 aliphatic rings. The maximum atomic E-state index is 13.5. The van der Waals surface area contributed by atoms with Gasteiger partial charge in [-0.25, -0.2) is 9.78 Å². The van der Waals surface area contributed by atoms with E-state index in [0.29, 0.717) is 21.2 Å². The number of alkyl halides is 9. The summed E-state index contributed by atoms with van der Waals surface area (Å²) in [6.45, 7) is 4.67. The van der Waals surface area contributed by atoms with E-state index >= 15 is 0 Å². The van der Waals surface area contributed by atoms with Gasteiger partial charge in [0, 0.05) is 22.2 Å². The number of hydrogen-bond donors (Lipinski definition) is 2. The van der Waals surface area contributed by atoms with Crippen molar-refractivity contribution in [3.05, 3.63) is 40.7 Å². The number of nitrogens with zero attached hydrogens (tertiary/aromatic N) is 3. The summed E-state index contributed by atoms with van der Waals surface area (Å²) in [6.07, 6.45) is -14.0. The number of thiophene rings is 1. The van der Waals surface area contributed by atoms with E-state index in [0.717, 1.165) is 23.2 Å². The molecular formula is C26H19F9N4O5S. The van der Waals surface area contributed by atoms with Crippen molar-refractivity contribution in [3.63, 3.8) is 0 Å². The van der Waals surface area contributed by atoms with E-state index in [2.05, 4.69) is 9.97 Å². The van der Waals surface area contributed by atoms with E-state index in [1.54, 1.807) is 11.4 Å². The van der Waals surface area contributed by atoms with Crippen LogP contribution in [-0.4, -0.2) is 56.0 Å². The Morgan fingerprint density at radius 1 is 0.978 bits per heavy atom. The molecule has 1 saturated carbocycles. The monoisotopic (exact) mass is 670 g/mol. The van der Waals surface area contributed by atoms with Gasteiger partial charge in [-0.1, -0.05) is 13.8 Å². The van der Waals surface area contributed by atoms with Crippen LogP contribution in [0.15, 0.2) is 24.4 Å². The predicted octanol–water partition coefficient (Wildman–Crippen LogP) is 5.96. The van der Waals surface area contributed by atoms with Crippen LogP contribution in [0.5, 0.6) is 0 Å². The zero-order valence-electron chi connectivity index (χ0n) is 22.9. The molecule has 2 fully saturated rings. The number of anilines is 1. The predicted molar refractivity (Wildman–Crippen MR) is 137 cm³/mol. The summed E-state index contributed by atoms with van der Waals surface area (Å²) in [5.74, 6) is -6.50. The highest BCUT2D eigenvalue weighted by Crippen LogP contribution is 2.63. The summed E-state index contributed by atoms with van der Waals surface area (Å²) in [4.78, 5) is 55.2. The largest absolute Gasteiger partial charge is 0.490 e. The second kappa shape index (κ2) is 11.0. The van der Waals surface area contributed by atoms with Gasteiger partial charge in [0.15, 0.2) is 0 Å². The van der Waals surface area contributed by atoms with Crippen LogP contribution < -0.4 is 5.32 Å². The van der Waals surface area contributed by atoms with Gasteiger partial charge in [0.1, 0.15) is 5.69 Å². The molecule has 2 atom stereocenters. The van der Waals surface area contributed by atoms with Gasteiger partial charge in [-0.05, 0) is 30.5 Å². The quantitative estimate of drug-likeness (QED) is 0.259. The molecule has 2 unspecified atom stereocenters. The molecule has 3 aromatic rings. The van der Waals surface area contributed by atoms with Gasteiger partial charge in [0.05, 0.1) is 40.0 Å². The van der Waals surface area contributed by atoms with Gasteiger partial charge in [-0.2, -0.15) is 39.5 Å². The van der Waals surface area contributed by atoms with Crippen LogP contribution in [0.4, 0.5) is 45.2 Å². The normalized spacial score (nSPS) is 19.2. The lowest BCUT2D eigenvalue weighted by atomic mass is 10.0. The van der Waals surface area contributed by atoms with E-state index in [4.69, 9.17) is 9.90 Å². The number of carboxylic acids is 1. The van der Waals surface area contributed by atoms with E-state index in [-0.39, 0.29) is 29.5 Å². The topological polar surface area (TPSA) is 130 Å². The number of carboxylic acid groups (broad SMARTS) is 1. The number of nitrogens with one attached hydrogen (secondary N) is 1. The second-order valence-electron chi connectivity index (χ2n) is 10.6. The third-order valence-corrected chi connectivity index (χ3v) is 8.33. The van der Waals surface area contributed by atoms with Crippen molar-refractivity contribution in [2.75, 3.05) is 5.32 Å². The Hall–Kier alpha value is -4.29. The number of likely N-dealkylation sites (tertiary alicyclic amines) is 1. The van der Waals surface area contributed by atoms with E-state index in [1.165, 1.54) is 12.3 Å². The molecule has 242 valence electrons. The highest BCUT2D eigenvalue weighted by Gasteiger charge is 2.72. The number of aryl methyl sites for hydroxylation is 1. The highest BCUT2D eigenvalue weighted by atomic mass is 32.1. The lowest BCUT2D eigenvalue weighted by Crippen LogP contribution is -2.35. The Balaban J connectivity index is 0.000000591. The Kier molecular flexibility index (Phi) is 8.18. The van der Waals surface area contributed by atoms with E-state index in [9.17, 15) is 53.9 Å². The smallest absolute Gasteiger partial charge is 0.475 e. The van der Waals surface area contributed by atoms with Crippen LogP contribution in [0, 0.1) is 24.2 Å². The van der Waals surface area contributed by atoms with Crippen LogP contribution in [0.25, 0.3) is 21.3 Å². The fourth-order valence-corrected chi connectivity index (χ4v) is 6.10. The molecule has 0 bridgehead atoms. The summed E-state index contributed by atoms with van der Waals surface area (Å²) < 4.78 is 112. The van der Waals surface area contributed by atoms with Crippen LogP contribution in [0.3, 0.4) is 0 Å². The van der Waals surface area contributed by atoms with Gasteiger partial charge in [-0.3, -0.25) is 24.3 Å². The van der Waals surface area contributed by atoms with Crippen molar-refractivity contribution in [2.24, 2.45) is 17.3 Å². The van der Waals surface area contributed by atoms with E-state index in [1.807, 2.05) is 13.8 Å². The van der Waals surface area contributed by atoms with Crippen LogP contribution in [-0.2, 0) is 31.9 Å². The fraction of sp³-hybridized carbons (Fsp3) is 0.385. The minimum Gasteiger partial charge on any atom is -0.475 e. The number of rotatable bonds is 4. The number of amides is 3. The molecule has 1 aliphatic heterocycles. The van der Waals surface area contributed by atoms with Gasteiger partial charge < -0.3 is 10.4 Å². The summed E-state index contributed by atoms with van der Waals surface area (Å²) >= 11 is 1.03. The number of aromatic nitrogens is 2. The number of carbonyl (C=O) groups excluding carboxylic acids is 3. The number of aliphatic carboxylic acids is 1. The molecule has 2 N–H and O–H groups in total. The number of hydrogen-bond acceptors (Lipinski definition) is 7. The lowest BCUT2D eigenvalue weighted by molar-refractivity contribution is -0.192. The molecule has 5 rings (SSSR count). The Morgan fingerprint density at radius 2 is 1.53 bits per heavy atom. The summed E-state index contributed by atoms with van der Waals surface area (Å²) in [5.41, 5.74) is -2.72. The fourth-order valence-electron chi connectivity index (χ4n) is 4.97. The Bertz CT molecular complexity index is 1710. The molecule has 3 amide bonds. The number of fused-ring (bicyclic) bond motifs is 2. The lowest BCUT2D eigenvalue weighted by Gasteiger charge is -2.19. The van der Waals surface area contributed by atoms with Crippen molar-refractivity contribution >= 4 is 50.9 Å². The van der Waals surface area contributed by atoms with Crippen molar-refractivity contribution < 1.29 is 63.8 Å². The molecule has 3 aromatic heterocycles. The summed E-state index contributed by atoms with van der Waals surface area (Å²) in [5, 5.41) is 8.77. The SMILES string of the molecule is Cc1nc(C(F)(F)F)cc(-c2ccnc3cc(CN4C(=O)C5C(C4=O)C5(C)C)sc23)c1NC(=O)C(F)(F)F.O=C(O)C(F)(F)F. The first kappa shape index (κ1) is 33.6. The number of carbonyl (C=O) groups is 4. The maximum Gasteiger partial charge on any atom is 0.490 e. The third kappa shape index (κ3) is 6.43. The molecule has 1 aliphatic carbocycles. The second-order valence-corrected chi connectivity index (χ2v) is 11.7. The van der Waals surface area contributed by atoms with Crippen LogP contribution in [0.2, 0.25) is 0 Å².